The van der Waals surface area contributed by atoms with Crippen LogP contribution in [0.2, 0.25) is 0 Å². The number of fused-ring (bicyclic) bond motifs is 1. The zero-order valence-electron chi connectivity index (χ0n) is 10.9. The molecule has 3 heteroatoms. The Hall–Kier alpha value is -0.120. The minimum atomic E-state index is 0.293. The van der Waals surface area contributed by atoms with Crippen molar-refractivity contribution in [1.82, 2.24) is 9.80 Å². The Bertz CT molecular complexity index is 231. The van der Waals surface area contributed by atoms with Crippen LogP contribution in [0.5, 0.6) is 0 Å². The van der Waals surface area contributed by atoms with Crippen LogP contribution in [0, 0.1) is 0 Å². The zero-order valence-corrected chi connectivity index (χ0v) is 10.9. The lowest BCUT2D eigenvalue weighted by Gasteiger charge is -2.44. The molecule has 0 saturated carbocycles. The average molecular weight is 225 g/mol. The van der Waals surface area contributed by atoms with Crippen molar-refractivity contribution in [2.45, 2.75) is 51.1 Å². The molecule has 16 heavy (non-hydrogen) atoms. The maximum atomic E-state index is 6.16. The van der Waals surface area contributed by atoms with E-state index in [4.69, 9.17) is 5.73 Å². The molecule has 3 nitrogen and oxygen atoms in total. The minimum absolute atomic E-state index is 0.293. The van der Waals surface area contributed by atoms with Gasteiger partial charge >= 0.3 is 0 Å². The summed E-state index contributed by atoms with van der Waals surface area (Å²) in [6.45, 7) is 10.3. The second-order valence-corrected chi connectivity index (χ2v) is 5.33. The molecule has 94 valence electrons. The maximum absolute atomic E-state index is 6.16. The molecule has 0 amide bonds. The summed E-state index contributed by atoms with van der Waals surface area (Å²) in [6.07, 6.45) is 5.25. The standard InChI is InChI=1S/C13H27N3/c1-3-8-16(4-2)13(11-14)7-10-15-9-5-6-12(13)15/h12H,3-11,14H2,1-2H3. The molecule has 0 aromatic heterocycles. The van der Waals surface area contributed by atoms with Crippen LogP contribution in [-0.2, 0) is 0 Å². The normalized spacial score (nSPS) is 34.9. The van der Waals surface area contributed by atoms with E-state index < -0.39 is 0 Å². The van der Waals surface area contributed by atoms with Crippen LogP contribution < -0.4 is 5.73 Å². The van der Waals surface area contributed by atoms with Crippen molar-refractivity contribution in [1.29, 1.82) is 0 Å². The van der Waals surface area contributed by atoms with Crippen LogP contribution in [0.3, 0.4) is 0 Å². The third kappa shape index (κ3) is 1.79. The summed E-state index contributed by atoms with van der Waals surface area (Å²) in [5.41, 5.74) is 6.46. The first kappa shape index (κ1) is 12.3. The fourth-order valence-electron chi connectivity index (χ4n) is 3.91. The van der Waals surface area contributed by atoms with Gasteiger partial charge in [-0.05, 0) is 45.3 Å². The maximum Gasteiger partial charge on any atom is 0.0498 e. The highest BCUT2D eigenvalue weighted by Crippen LogP contribution is 2.39. The predicted octanol–water partition coefficient (Wildman–Crippen LogP) is 1.28. The van der Waals surface area contributed by atoms with Crippen molar-refractivity contribution in [2.75, 3.05) is 32.7 Å². The molecule has 0 aromatic rings. The number of hydrogen-bond acceptors (Lipinski definition) is 3. The van der Waals surface area contributed by atoms with E-state index in [1.54, 1.807) is 0 Å². The molecule has 0 aromatic carbocycles. The van der Waals surface area contributed by atoms with Gasteiger partial charge in [-0.1, -0.05) is 13.8 Å². The van der Waals surface area contributed by atoms with Crippen molar-refractivity contribution < 1.29 is 0 Å². The van der Waals surface area contributed by atoms with E-state index in [-0.39, 0.29) is 0 Å². The SMILES string of the molecule is CCCN(CC)C1(CN)CCN2CCCC21. The Kier molecular flexibility index (Phi) is 3.88. The van der Waals surface area contributed by atoms with Crippen molar-refractivity contribution >= 4 is 0 Å². The Morgan fingerprint density at radius 1 is 1.38 bits per heavy atom. The first-order valence-corrected chi connectivity index (χ1v) is 6.97. The molecule has 2 rings (SSSR count). The van der Waals surface area contributed by atoms with Crippen LogP contribution in [0.4, 0.5) is 0 Å². The average Bonchev–Trinajstić information content (AvgIpc) is 2.88. The smallest absolute Gasteiger partial charge is 0.0498 e. The minimum Gasteiger partial charge on any atom is -0.329 e. The third-order valence-electron chi connectivity index (χ3n) is 4.67. The van der Waals surface area contributed by atoms with Gasteiger partial charge in [-0.25, -0.2) is 0 Å². The van der Waals surface area contributed by atoms with Gasteiger partial charge < -0.3 is 5.73 Å². The lowest BCUT2D eigenvalue weighted by Crippen LogP contribution is -2.60. The largest absolute Gasteiger partial charge is 0.329 e. The first-order chi connectivity index (χ1) is 7.78. The fourth-order valence-corrected chi connectivity index (χ4v) is 3.91. The van der Waals surface area contributed by atoms with E-state index in [0.717, 1.165) is 19.1 Å². The van der Waals surface area contributed by atoms with Crippen LogP contribution in [0.25, 0.3) is 0 Å². The van der Waals surface area contributed by atoms with Crippen LogP contribution in [0.1, 0.15) is 39.5 Å². The molecule has 2 fully saturated rings. The number of nitrogens with zero attached hydrogens (tertiary/aromatic N) is 2. The number of nitrogens with two attached hydrogens (primary N) is 1. The molecule has 2 unspecified atom stereocenters. The van der Waals surface area contributed by atoms with Gasteiger partial charge in [0.05, 0.1) is 0 Å². The highest BCUT2D eigenvalue weighted by atomic mass is 15.3. The van der Waals surface area contributed by atoms with E-state index in [2.05, 4.69) is 23.6 Å². The highest BCUT2D eigenvalue weighted by Gasteiger charge is 2.50. The van der Waals surface area contributed by atoms with E-state index >= 15 is 0 Å². The van der Waals surface area contributed by atoms with E-state index in [1.165, 1.54) is 45.3 Å². The lowest BCUT2D eigenvalue weighted by atomic mass is 9.86. The van der Waals surface area contributed by atoms with Crippen LogP contribution >= 0.6 is 0 Å². The van der Waals surface area contributed by atoms with Gasteiger partial charge in [-0.15, -0.1) is 0 Å². The Morgan fingerprint density at radius 3 is 2.81 bits per heavy atom. The lowest BCUT2D eigenvalue weighted by molar-refractivity contribution is 0.0701. The summed E-state index contributed by atoms with van der Waals surface area (Å²) < 4.78 is 0. The molecule has 2 aliphatic heterocycles. The molecule has 0 spiro atoms. The molecule has 0 bridgehead atoms. The molecule has 0 radical (unpaired) electrons. The predicted molar refractivity (Wildman–Crippen MR) is 68.5 cm³/mol. The van der Waals surface area contributed by atoms with Gasteiger partial charge in [0.2, 0.25) is 0 Å². The highest BCUT2D eigenvalue weighted by molar-refractivity contribution is 5.09. The van der Waals surface area contributed by atoms with Crippen LogP contribution in [-0.4, -0.2) is 54.1 Å². The van der Waals surface area contributed by atoms with Gasteiger partial charge in [-0.2, -0.15) is 0 Å². The Labute approximate surface area is 100.0 Å². The van der Waals surface area contributed by atoms with Crippen molar-refractivity contribution in [3.8, 4) is 0 Å². The molecule has 2 atom stereocenters. The third-order valence-corrected chi connectivity index (χ3v) is 4.67. The second-order valence-electron chi connectivity index (χ2n) is 5.33. The molecule has 0 aliphatic carbocycles. The van der Waals surface area contributed by atoms with Gasteiger partial charge in [-0.3, -0.25) is 9.80 Å². The van der Waals surface area contributed by atoms with E-state index in [1.807, 2.05) is 0 Å². The first-order valence-electron chi connectivity index (χ1n) is 6.97. The topological polar surface area (TPSA) is 32.5 Å². The van der Waals surface area contributed by atoms with Gasteiger partial charge in [0.25, 0.3) is 0 Å². The van der Waals surface area contributed by atoms with Gasteiger partial charge in [0.1, 0.15) is 0 Å². The molecular weight excluding hydrogens is 198 g/mol. The Morgan fingerprint density at radius 2 is 2.19 bits per heavy atom. The van der Waals surface area contributed by atoms with Gasteiger partial charge in [0.15, 0.2) is 0 Å². The summed E-state index contributed by atoms with van der Waals surface area (Å²) in [5.74, 6) is 0. The monoisotopic (exact) mass is 225 g/mol. The summed E-state index contributed by atoms with van der Waals surface area (Å²) >= 11 is 0. The summed E-state index contributed by atoms with van der Waals surface area (Å²) in [7, 11) is 0. The van der Waals surface area contributed by atoms with E-state index in [0.29, 0.717) is 5.54 Å². The quantitative estimate of drug-likeness (QED) is 0.765. The summed E-state index contributed by atoms with van der Waals surface area (Å²) in [4.78, 5) is 5.33. The van der Waals surface area contributed by atoms with Gasteiger partial charge in [0, 0.05) is 24.7 Å². The zero-order chi connectivity index (χ0) is 11.6. The van der Waals surface area contributed by atoms with Crippen LogP contribution in [0.15, 0.2) is 0 Å². The van der Waals surface area contributed by atoms with Crippen molar-refractivity contribution in [3.63, 3.8) is 0 Å². The second kappa shape index (κ2) is 5.03. The Balaban J connectivity index is 2.17. The number of hydrogen-bond donors (Lipinski definition) is 1. The molecule has 2 aliphatic rings. The van der Waals surface area contributed by atoms with Crippen molar-refractivity contribution in [3.05, 3.63) is 0 Å². The molecule has 2 saturated heterocycles. The molecular formula is C13H27N3. The number of rotatable bonds is 5. The fraction of sp³-hybridized carbons (Fsp3) is 1.00. The van der Waals surface area contributed by atoms with Crippen molar-refractivity contribution in [2.24, 2.45) is 5.73 Å². The molecule has 2 N–H and O–H groups in total. The molecule has 2 heterocycles. The van der Waals surface area contributed by atoms with E-state index in [9.17, 15) is 0 Å². The number of likely N-dealkylation sites (N-methyl/N-ethyl adjacent to an activating group) is 1. The summed E-state index contributed by atoms with van der Waals surface area (Å²) in [6, 6.07) is 0.740. The summed E-state index contributed by atoms with van der Waals surface area (Å²) in [5, 5.41) is 0.